The molecule has 2 rings (SSSR count). The lowest BCUT2D eigenvalue weighted by Gasteiger charge is -2.18. The van der Waals surface area contributed by atoms with Gasteiger partial charge in [0.1, 0.15) is 0 Å². The van der Waals surface area contributed by atoms with Crippen LogP contribution in [0.2, 0.25) is 0 Å². The standard InChI is InChI=1S/C8H5F3N2O4S/c9-8(10,11)18(14,15)17-6-4-5-2-1-3-16-7(5)13-12-6/h1-4,12H. The predicted octanol–water partition coefficient (Wildman–Crippen LogP) is 1.08. The van der Waals surface area contributed by atoms with Crippen molar-refractivity contribution < 1.29 is 30.5 Å². The minimum absolute atomic E-state index is 0.0919. The van der Waals surface area contributed by atoms with Crippen LogP contribution in [0.4, 0.5) is 13.2 Å². The smallest absolute Gasteiger partial charge is 0.445 e. The fraction of sp³-hybridized carbons (Fsp3) is 0.125. The van der Waals surface area contributed by atoms with Crippen LogP contribution in [0.1, 0.15) is 0 Å². The van der Waals surface area contributed by atoms with E-state index in [9.17, 15) is 21.6 Å². The van der Waals surface area contributed by atoms with Crippen molar-refractivity contribution in [1.82, 2.24) is 5.43 Å². The molecule has 0 bridgehead atoms. The molecule has 0 aromatic carbocycles. The third-order valence-corrected chi connectivity index (χ3v) is 2.78. The number of alkyl halides is 3. The molecule has 0 spiro atoms. The van der Waals surface area contributed by atoms with E-state index < -0.39 is 21.5 Å². The molecule has 6 nitrogen and oxygen atoms in total. The topological polar surface area (TPSA) is 77.0 Å². The highest BCUT2D eigenvalue weighted by molar-refractivity contribution is 7.87. The number of hydrogen-bond donors (Lipinski definition) is 1. The molecule has 0 unspecified atom stereocenters. The average Bonchev–Trinajstić information content (AvgIpc) is 2.27. The van der Waals surface area contributed by atoms with Gasteiger partial charge in [0.25, 0.3) is 0 Å². The van der Waals surface area contributed by atoms with E-state index in [1.807, 2.05) is 5.43 Å². The Morgan fingerprint density at radius 2 is 2.11 bits per heavy atom. The first-order valence-electron chi connectivity index (χ1n) is 4.39. The van der Waals surface area contributed by atoms with E-state index in [1.54, 1.807) is 0 Å². The summed E-state index contributed by atoms with van der Waals surface area (Å²) in [6, 6.07) is 0. The van der Waals surface area contributed by atoms with Gasteiger partial charge in [-0.3, -0.25) is 0 Å². The van der Waals surface area contributed by atoms with E-state index in [2.05, 4.69) is 9.28 Å². The highest BCUT2D eigenvalue weighted by Gasteiger charge is 2.49. The molecule has 0 aliphatic carbocycles. The fourth-order valence-electron chi connectivity index (χ4n) is 1.07. The van der Waals surface area contributed by atoms with Gasteiger partial charge >= 0.3 is 15.6 Å². The van der Waals surface area contributed by atoms with Gasteiger partial charge in [-0.1, -0.05) is 0 Å². The van der Waals surface area contributed by atoms with Crippen LogP contribution in [0.5, 0.6) is 0 Å². The molecule has 0 aromatic rings. The van der Waals surface area contributed by atoms with Crippen LogP contribution in [-0.4, -0.2) is 19.8 Å². The lowest BCUT2D eigenvalue weighted by molar-refractivity contribution is -0.0525. The van der Waals surface area contributed by atoms with Crippen LogP contribution >= 0.6 is 0 Å². The molecule has 18 heavy (non-hydrogen) atoms. The molecule has 0 amide bonds. The van der Waals surface area contributed by atoms with Crippen molar-refractivity contribution in [2.75, 3.05) is 0 Å². The lowest BCUT2D eigenvalue weighted by atomic mass is 10.2. The Kier molecular flexibility index (Phi) is 2.81. The van der Waals surface area contributed by atoms with Crippen LogP contribution < -0.4 is 5.43 Å². The summed E-state index contributed by atoms with van der Waals surface area (Å²) in [7, 11) is -5.72. The number of halogens is 3. The largest absolute Gasteiger partial charge is 0.534 e. The summed E-state index contributed by atoms with van der Waals surface area (Å²) in [4.78, 5) is 0. The van der Waals surface area contributed by atoms with Crippen molar-refractivity contribution in [3.05, 3.63) is 35.9 Å². The highest BCUT2D eigenvalue weighted by atomic mass is 32.2. The molecule has 0 fully saturated rings. The number of allylic oxidation sites excluding steroid dienone is 2. The number of rotatable bonds is 2. The zero-order valence-electron chi connectivity index (χ0n) is 8.43. The first-order chi connectivity index (χ1) is 8.29. The molecule has 2 heterocycles. The molecule has 98 valence electrons. The van der Waals surface area contributed by atoms with Crippen molar-refractivity contribution >= 4 is 16.0 Å². The van der Waals surface area contributed by atoms with Crippen LogP contribution in [0, 0.1) is 0 Å². The molecule has 1 N–H and O–H groups in total. The monoisotopic (exact) mass is 282 g/mol. The van der Waals surface area contributed by atoms with Gasteiger partial charge < -0.3 is 8.92 Å². The SMILES string of the molecule is O=S(=O)(OC1=CC2=CC=COC2=NN1)C(F)(F)F. The van der Waals surface area contributed by atoms with Crippen molar-refractivity contribution in [3.63, 3.8) is 0 Å². The molecule has 0 saturated carbocycles. The van der Waals surface area contributed by atoms with E-state index in [-0.39, 0.29) is 11.5 Å². The Bertz CT molecular complexity index is 586. The summed E-state index contributed by atoms with van der Waals surface area (Å²) in [6.07, 6.45) is 5.25. The summed E-state index contributed by atoms with van der Waals surface area (Å²) in [5.74, 6) is -0.574. The number of hydrazone groups is 1. The molecule has 2 aliphatic heterocycles. The number of hydrogen-bond acceptors (Lipinski definition) is 6. The maximum absolute atomic E-state index is 12.1. The Hall–Kier alpha value is -1.97. The van der Waals surface area contributed by atoms with Crippen molar-refractivity contribution in [2.45, 2.75) is 5.51 Å². The number of nitrogens with one attached hydrogen (secondary N) is 1. The Balaban J connectivity index is 2.21. The molecular weight excluding hydrogens is 277 g/mol. The van der Waals surface area contributed by atoms with E-state index in [4.69, 9.17) is 4.74 Å². The van der Waals surface area contributed by atoms with Gasteiger partial charge in [0.15, 0.2) is 0 Å². The Labute approximate surface area is 99.2 Å². The summed E-state index contributed by atoms with van der Waals surface area (Å²) in [5.41, 5.74) is -3.23. The number of ether oxygens (including phenoxy) is 1. The van der Waals surface area contributed by atoms with E-state index in [0.29, 0.717) is 0 Å². The Morgan fingerprint density at radius 3 is 2.78 bits per heavy atom. The van der Waals surface area contributed by atoms with Crippen molar-refractivity contribution in [3.8, 4) is 0 Å². The molecule has 0 saturated heterocycles. The van der Waals surface area contributed by atoms with Gasteiger partial charge in [-0.15, -0.1) is 5.10 Å². The minimum Gasteiger partial charge on any atom is -0.445 e. The average molecular weight is 282 g/mol. The summed E-state index contributed by atoms with van der Waals surface area (Å²) in [6.45, 7) is 0. The third-order valence-electron chi connectivity index (χ3n) is 1.82. The van der Waals surface area contributed by atoms with Crippen LogP contribution in [0.3, 0.4) is 0 Å². The van der Waals surface area contributed by atoms with Gasteiger partial charge in [-0.2, -0.15) is 21.6 Å². The molecule has 0 atom stereocenters. The van der Waals surface area contributed by atoms with E-state index >= 15 is 0 Å². The molecule has 0 radical (unpaired) electrons. The Morgan fingerprint density at radius 1 is 1.39 bits per heavy atom. The van der Waals surface area contributed by atoms with Gasteiger partial charge in [0.05, 0.1) is 6.26 Å². The summed E-state index contributed by atoms with van der Waals surface area (Å²) in [5, 5.41) is 3.50. The van der Waals surface area contributed by atoms with Crippen LogP contribution in [-0.2, 0) is 19.0 Å². The van der Waals surface area contributed by atoms with Gasteiger partial charge in [0.2, 0.25) is 11.8 Å². The third kappa shape index (κ3) is 2.32. The maximum atomic E-state index is 12.1. The second-order valence-electron chi connectivity index (χ2n) is 3.09. The zero-order valence-corrected chi connectivity index (χ0v) is 9.25. The quantitative estimate of drug-likeness (QED) is 0.606. The zero-order chi connectivity index (χ0) is 13.4. The number of fused-ring (bicyclic) bond motifs is 1. The predicted molar refractivity (Wildman–Crippen MR) is 53.0 cm³/mol. The lowest BCUT2D eigenvalue weighted by Crippen LogP contribution is -2.29. The van der Waals surface area contributed by atoms with E-state index in [1.165, 1.54) is 18.4 Å². The van der Waals surface area contributed by atoms with Gasteiger partial charge in [-0.05, 0) is 12.2 Å². The normalized spacial score (nSPS) is 18.7. The van der Waals surface area contributed by atoms with Crippen molar-refractivity contribution in [2.24, 2.45) is 5.10 Å². The van der Waals surface area contributed by atoms with Gasteiger partial charge in [-0.25, -0.2) is 5.43 Å². The molecule has 2 aliphatic rings. The van der Waals surface area contributed by atoms with Crippen molar-refractivity contribution in [1.29, 1.82) is 0 Å². The minimum atomic E-state index is -5.72. The fourth-order valence-corrected chi connectivity index (χ4v) is 1.49. The highest BCUT2D eigenvalue weighted by Crippen LogP contribution is 2.27. The maximum Gasteiger partial charge on any atom is 0.534 e. The second-order valence-corrected chi connectivity index (χ2v) is 4.63. The first kappa shape index (κ1) is 12.5. The molecular formula is C8H5F3N2O4S. The van der Waals surface area contributed by atoms with Gasteiger partial charge in [0, 0.05) is 11.6 Å². The van der Waals surface area contributed by atoms with Crippen LogP contribution in [0.25, 0.3) is 0 Å². The summed E-state index contributed by atoms with van der Waals surface area (Å²) >= 11 is 0. The van der Waals surface area contributed by atoms with Crippen LogP contribution in [0.15, 0.2) is 41.0 Å². The molecule has 10 heteroatoms. The van der Waals surface area contributed by atoms with E-state index in [0.717, 1.165) is 6.08 Å². The number of nitrogens with zero attached hydrogens (tertiary/aromatic N) is 1. The second kappa shape index (κ2) is 4.05. The molecule has 0 aromatic heterocycles. The first-order valence-corrected chi connectivity index (χ1v) is 5.80. The summed E-state index contributed by atoms with van der Waals surface area (Å²) < 4.78 is 66.4.